The zero-order valence-corrected chi connectivity index (χ0v) is 7.00. The summed E-state index contributed by atoms with van der Waals surface area (Å²) in [5.41, 5.74) is 6.05. The first-order valence-corrected chi connectivity index (χ1v) is 4.21. The lowest BCUT2D eigenvalue weighted by Crippen LogP contribution is -2.30. The summed E-state index contributed by atoms with van der Waals surface area (Å²) in [6, 6.07) is 6.42. The fourth-order valence-electron chi connectivity index (χ4n) is 1.50. The van der Waals surface area contributed by atoms with Gasteiger partial charge in [0.15, 0.2) is 0 Å². The van der Waals surface area contributed by atoms with Crippen molar-refractivity contribution in [3.63, 3.8) is 0 Å². The van der Waals surface area contributed by atoms with Crippen LogP contribution in [-0.2, 0) is 0 Å². The molecule has 0 aliphatic carbocycles. The van der Waals surface area contributed by atoms with E-state index in [9.17, 15) is 4.39 Å². The Morgan fingerprint density at radius 3 is 2.69 bits per heavy atom. The van der Waals surface area contributed by atoms with Crippen LogP contribution in [0.25, 0.3) is 0 Å². The summed E-state index contributed by atoms with van der Waals surface area (Å²) in [5, 5.41) is 9.16. The molecule has 1 heterocycles. The van der Waals surface area contributed by atoms with Gasteiger partial charge in [0.1, 0.15) is 12.0 Å². The summed E-state index contributed by atoms with van der Waals surface area (Å²) < 4.78 is 13.2. The number of aliphatic hydroxyl groups is 1. The number of rotatable bonds is 1. The second-order valence-corrected chi connectivity index (χ2v) is 3.11. The average molecular weight is 182 g/mol. The van der Waals surface area contributed by atoms with Gasteiger partial charge in [-0.1, -0.05) is 18.2 Å². The van der Waals surface area contributed by atoms with Crippen LogP contribution in [0.4, 0.5) is 4.39 Å². The highest BCUT2D eigenvalue weighted by atomic mass is 19.1. The van der Waals surface area contributed by atoms with Gasteiger partial charge in [0.05, 0.1) is 6.04 Å². The molecule has 3 N–H and O–H groups in total. The Morgan fingerprint density at radius 2 is 2.08 bits per heavy atom. The van der Waals surface area contributed by atoms with Crippen molar-refractivity contribution in [2.45, 2.75) is 18.7 Å². The maximum absolute atomic E-state index is 13.2. The van der Waals surface area contributed by atoms with Crippen LogP contribution >= 0.6 is 0 Å². The molecule has 13 heavy (non-hydrogen) atoms. The predicted octanol–water partition coefficient (Wildman–Crippen LogP) is 0.683. The lowest BCUT2D eigenvalue weighted by Gasteiger charge is -2.09. The second kappa shape index (κ2) is 3.41. The number of aliphatic hydroxyl groups excluding tert-OH is 1. The highest BCUT2D eigenvalue weighted by Gasteiger charge is 2.24. The van der Waals surface area contributed by atoms with Crippen molar-refractivity contribution in [1.29, 1.82) is 0 Å². The summed E-state index contributed by atoms with van der Waals surface area (Å²) in [6.07, 6.45) is -0.106. The fourth-order valence-corrected chi connectivity index (χ4v) is 1.50. The minimum absolute atomic E-state index is 0.142. The quantitative estimate of drug-likeness (QED) is 0.598. The molecule has 2 unspecified atom stereocenters. The SMILES string of the molecule is OC1CC(c2ccccc2F)NN1. The van der Waals surface area contributed by atoms with Gasteiger partial charge in [-0.05, 0) is 6.07 Å². The Morgan fingerprint density at radius 1 is 1.31 bits per heavy atom. The van der Waals surface area contributed by atoms with Crippen LogP contribution in [0.15, 0.2) is 24.3 Å². The molecule has 0 radical (unpaired) electrons. The maximum Gasteiger partial charge on any atom is 0.128 e. The lowest BCUT2D eigenvalue weighted by molar-refractivity contribution is 0.153. The predicted molar refractivity (Wildman–Crippen MR) is 46.0 cm³/mol. The number of nitrogens with one attached hydrogen (secondary N) is 2. The van der Waals surface area contributed by atoms with Gasteiger partial charge >= 0.3 is 0 Å². The van der Waals surface area contributed by atoms with E-state index in [1.807, 2.05) is 0 Å². The van der Waals surface area contributed by atoms with Gasteiger partial charge in [-0.3, -0.25) is 0 Å². The minimum atomic E-state index is -0.593. The standard InChI is InChI=1S/C9H11FN2O/c10-7-4-2-1-3-6(7)8-5-9(13)12-11-8/h1-4,8-9,11-13H,5H2. The first kappa shape index (κ1) is 8.62. The fraction of sp³-hybridized carbons (Fsp3) is 0.333. The first-order valence-electron chi connectivity index (χ1n) is 4.21. The average Bonchev–Trinajstić information content (AvgIpc) is 2.53. The molecule has 0 amide bonds. The van der Waals surface area contributed by atoms with E-state index in [1.165, 1.54) is 6.07 Å². The molecule has 0 bridgehead atoms. The number of hydrazine groups is 1. The van der Waals surface area contributed by atoms with Gasteiger partial charge in [0, 0.05) is 12.0 Å². The van der Waals surface area contributed by atoms with Gasteiger partial charge < -0.3 is 5.11 Å². The molecule has 4 heteroatoms. The van der Waals surface area contributed by atoms with Crippen molar-refractivity contribution >= 4 is 0 Å². The van der Waals surface area contributed by atoms with Crippen molar-refractivity contribution in [3.05, 3.63) is 35.6 Å². The van der Waals surface area contributed by atoms with E-state index in [-0.39, 0.29) is 11.9 Å². The molecule has 1 saturated heterocycles. The summed E-state index contributed by atoms with van der Waals surface area (Å²) >= 11 is 0. The van der Waals surface area contributed by atoms with E-state index in [1.54, 1.807) is 18.2 Å². The monoisotopic (exact) mass is 182 g/mol. The molecule has 3 nitrogen and oxygen atoms in total. The molecule has 1 aromatic carbocycles. The van der Waals surface area contributed by atoms with E-state index in [2.05, 4.69) is 10.9 Å². The van der Waals surface area contributed by atoms with Crippen LogP contribution in [0.3, 0.4) is 0 Å². The van der Waals surface area contributed by atoms with Crippen LogP contribution in [0.2, 0.25) is 0 Å². The van der Waals surface area contributed by atoms with Crippen molar-refractivity contribution < 1.29 is 9.50 Å². The molecule has 70 valence electrons. The Kier molecular flexibility index (Phi) is 2.26. The maximum atomic E-state index is 13.2. The molecule has 0 saturated carbocycles. The topological polar surface area (TPSA) is 44.3 Å². The Hall–Kier alpha value is -0.970. The largest absolute Gasteiger partial charge is 0.377 e. The van der Waals surface area contributed by atoms with Crippen LogP contribution < -0.4 is 10.9 Å². The van der Waals surface area contributed by atoms with Crippen molar-refractivity contribution in [1.82, 2.24) is 10.9 Å². The molecule has 2 atom stereocenters. The van der Waals surface area contributed by atoms with Gasteiger partial charge in [0.25, 0.3) is 0 Å². The van der Waals surface area contributed by atoms with Crippen LogP contribution in [0.5, 0.6) is 0 Å². The molecule has 1 fully saturated rings. The number of benzene rings is 1. The van der Waals surface area contributed by atoms with Crippen LogP contribution in [0.1, 0.15) is 18.0 Å². The Bertz CT molecular complexity index is 305. The number of halogens is 1. The Labute approximate surface area is 75.6 Å². The zero-order valence-electron chi connectivity index (χ0n) is 7.00. The van der Waals surface area contributed by atoms with Crippen molar-refractivity contribution in [2.24, 2.45) is 0 Å². The molecular formula is C9H11FN2O. The lowest BCUT2D eigenvalue weighted by atomic mass is 10.0. The van der Waals surface area contributed by atoms with E-state index < -0.39 is 6.23 Å². The summed E-state index contributed by atoms with van der Waals surface area (Å²) in [6.45, 7) is 0. The highest BCUT2D eigenvalue weighted by Crippen LogP contribution is 2.23. The molecule has 1 aromatic rings. The highest BCUT2D eigenvalue weighted by molar-refractivity contribution is 5.21. The molecule has 1 aliphatic heterocycles. The van der Waals surface area contributed by atoms with E-state index >= 15 is 0 Å². The van der Waals surface area contributed by atoms with Gasteiger partial charge in [-0.25, -0.2) is 15.2 Å². The van der Waals surface area contributed by atoms with Crippen LogP contribution in [0, 0.1) is 5.82 Å². The van der Waals surface area contributed by atoms with Crippen LogP contribution in [-0.4, -0.2) is 11.3 Å². The summed E-state index contributed by atoms with van der Waals surface area (Å²) in [4.78, 5) is 0. The second-order valence-electron chi connectivity index (χ2n) is 3.11. The third-order valence-corrected chi connectivity index (χ3v) is 2.16. The molecule has 1 aliphatic rings. The Balaban J connectivity index is 2.21. The normalized spacial score (nSPS) is 27.8. The zero-order chi connectivity index (χ0) is 9.26. The van der Waals surface area contributed by atoms with Gasteiger partial charge in [-0.2, -0.15) is 0 Å². The third-order valence-electron chi connectivity index (χ3n) is 2.16. The third kappa shape index (κ3) is 1.70. The first-order chi connectivity index (χ1) is 6.27. The van der Waals surface area contributed by atoms with E-state index in [4.69, 9.17) is 5.11 Å². The molecule has 2 rings (SSSR count). The molecule has 0 aromatic heterocycles. The van der Waals surface area contributed by atoms with E-state index in [0.29, 0.717) is 12.0 Å². The minimum Gasteiger partial charge on any atom is -0.377 e. The van der Waals surface area contributed by atoms with Gasteiger partial charge in [0.2, 0.25) is 0 Å². The smallest absolute Gasteiger partial charge is 0.128 e. The summed E-state index contributed by atoms with van der Waals surface area (Å²) in [7, 11) is 0. The number of hydrogen-bond donors (Lipinski definition) is 3. The van der Waals surface area contributed by atoms with Crippen molar-refractivity contribution in [2.75, 3.05) is 0 Å². The van der Waals surface area contributed by atoms with Gasteiger partial charge in [-0.15, -0.1) is 0 Å². The number of hydrogen-bond acceptors (Lipinski definition) is 3. The summed E-state index contributed by atoms with van der Waals surface area (Å²) in [5.74, 6) is -0.240. The van der Waals surface area contributed by atoms with Crippen molar-refractivity contribution in [3.8, 4) is 0 Å². The molecular weight excluding hydrogens is 171 g/mol. The molecule has 0 spiro atoms. The van der Waals surface area contributed by atoms with E-state index in [0.717, 1.165) is 0 Å².